The Kier molecular flexibility index (Phi) is 3.50. The van der Waals surface area contributed by atoms with Gasteiger partial charge in [-0.05, 0) is 25.4 Å². The third kappa shape index (κ3) is 3.20. The van der Waals surface area contributed by atoms with Crippen LogP contribution < -0.4 is 10.2 Å². The van der Waals surface area contributed by atoms with Crippen molar-refractivity contribution in [1.29, 1.82) is 0 Å². The van der Waals surface area contributed by atoms with Crippen molar-refractivity contribution < 1.29 is 0 Å². The number of rotatable bonds is 3. The van der Waals surface area contributed by atoms with Gasteiger partial charge in [0.15, 0.2) is 0 Å². The zero-order valence-electron chi connectivity index (χ0n) is 7.17. The summed E-state index contributed by atoms with van der Waals surface area (Å²) in [7, 11) is 0. The largest absolute Gasteiger partial charge is 0.352 e. The molecule has 0 amide bonds. The average molecular weight is 222 g/mol. The summed E-state index contributed by atoms with van der Waals surface area (Å²) >= 11 is 10.9. The van der Waals surface area contributed by atoms with E-state index in [1.165, 1.54) is 0 Å². The molecule has 0 aliphatic heterocycles. The minimum Gasteiger partial charge on any atom is -0.352 e. The van der Waals surface area contributed by atoms with Crippen LogP contribution >= 0.6 is 23.4 Å². The summed E-state index contributed by atoms with van der Waals surface area (Å²) in [6.07, 6.45) is 0. The fourth-order valence-electron chi connectivity index (χ4n) is 0.715. The first kappa shape index (κ1) is 10.3. The number of anilines is 2. The first-order valence-electron chi connectivity index (χ1n) is 3.66. The molecule has 0 aromatic carbocycles. The van der Waals surface area contributed by atoms with Crippen molar-refractivity contribution in [1.82, 2.24) is 15.0 Å². The highest BCUT2D eigenvalue weighted by atomic mass is 35.5. The molecule has 0 radical (unpaired) electrons. The standard InChI is InChI=1S/C6H9Cl2N5/c1-3(2)9-5-10-4(7)11-6(12-5)13-8/h3H,1-2H3,(H2,9,10,11,12,13). The topological polar surface area (TPSA) is 62.7 Å². The van der Waals surface area contributed by atoms with Crippen LogP contribution in [0.15, 0.2) is 0 Å². The van der Waals surface area contributed by atoms with Crippen molar-refractivity contribution in [3.63, 3.8) is 0 Å². The Bertz CT molecular complexity index is 290. The van der Waals surface area contributed by atoms with Crippen LogP contribution in [-0.4, -0.2) is 21.0 Å². The maximum Gasteiger partial charge on any atom is 0.243 e. The smallest absolute Gasteiger partial charge is 0.243 e. The predicted molar refractivity (Wildman–Crippen MR) is 53.1 cm³/mol. The lowest BCUT2D eigenvalue weighted by Gasteiger charge is -2.07. The van der Waals surface area contributed by atoms with Crippen LogP contribution in [0.25, 0.3) is 0 Å². The third-order valence-electron chi connectivity index (χ3n) is 1.11. The number of aromatic nitrogens is 3. The third-order valence-corrected chi connectivity index (χ3v) is 1.45. The zero-order valence-corrected chi connectivity index (χ0v) is 8.69. The molecule has 5 nitrogen and oxygen atoms in total. The summed E-state index contributed by atoms with van der Waals surface area (Å²) in [6, 6.07) is 0.224. The Hall–Kier alpha value is -0.810. The van der Waals surface area contributed by atoms with Gasteiger partial charge in [0.1, 0.15) is 0 Å². The van der Waals surface area contributed by atoms with Crippen LogP contribution in [0.3, 0.4) is 0 Å². The van der Waals surface area contributed by atoms with Gasteiger partial charge in [-0.1, -0.05) is 0 Å². The van der Waals surface area contributed by atoms with Gasteiger partial charge < -0.3 is 5.32 Å². The predicted octanol–water partition coefficient (Wildman–Crippen LogP) is 1.91. The molecule has 7 heteroatoms. The van der Waals surface area contributed by atoms with Crippen LogP contribution in [0.1, 0.15) is 13.8 Å². The van der Waals surface area contributed by atoms with Gasteiger partial charge in [-0.2, -0.15) is 15.0 Å². The van der Waals surface area contributed by atoms with Gasteiger partial charge in [-0.15, -0.1) is 0 Å². The first-order chi connectivity index (χ1) is 6.11. The van der Waals surface area contributed by atoms with E-state index in [-0.39, 0.29) is 17.3 Å². The van der Waals surface area contributed by atoms with E-state index < -0.39 is 0 Å². The highest BCUT2D eigenvalue weighted by Gasteiger charge is 2.04. The van der Waals surface area contributed by atoms with Crippen molar-refractivity contribution in [2.75, 3.05) is 10.2 Å². The van der Waals surface area contributed by atoms with Crippen molar-refractivity contribution in [2.45, 2.75) is 19.9 Å². The molecule has 0 fully saturated rings. The molecule has 0 spiro atoms. The van der Waals surface area contributed by atoms with Gasteiger partial charge in [0.25, 0.3) is 0 Å². The van der Waals surface area contributed by atoms with Crippen LogP contribution in [0, 0.1) is 0 Å². The number of halogens is 2. The summed E-state index contributed by atoms with van der Waals surface area (Å²) < 4.78 is 0. The molecule has 0 unspecified atom stereocenters. The Morgan fingerprint density at radius 3 is 2.31 bits per heavy atom. The SMILES string of the molecule is CC(C)Nc1nc(Cl)nc(NCl)n1. The molecule has 1 aromatic rings. The molecule has 0 bridgehead atoms. The quantitative estimate of drug-likeness (QED) is 0.765. The van der Waals surface area contributed by atoms with Gasteiger partial charge in [0.05, 0.1) is 0 Å². The summed E-state index contributed by atoms with van der Waals surface area (Å²) in [6.45, 7) is 3.93. The zero-order chi connectivity index (χ0) is 9.84. The van der Waals surface area contributed by atoms with Crippen molar-refractivity contribution >= 4 is 35.3 Å². The highest BCUT2D eigenvalue weighted by Crippen LogP contribution is 2.10. The van der Waals surface area contributed by atoms with E-state index in [1.54, 1.807) is 0 Å². The van der Waals surface area contributed by atoms with E-state index in [4.69, 9.17) is 23.4 Å². The van der Waals surface area contributed by atoms with E-state index in [0.717, 1.165) is 0 Å². The number of nitrogens with zero attached hydrogens (tertiary/aromatic N) is 3. The van der Waals surface area contributed by atoms with Crippen molar-refractivity contribution in [3.05, 3.63) is 5.28 Å². The first-order valence-corrected chi connectivity index (χ1v) is 4.42. The molecule has 1 aromatic heterocycles. The maximum absolute atomic E-state index is 5.61. The molecule has 0 aliphatic rings. The number of nitrogens with one attached hydrogen (secondary N) is 2. The number of hydrogen-bond donors (Lipinski definition) is 2. The van der Waals surface area contributed by atoms with Crippen molar-refractivity contribution in [3.8, 4) is 0 Å². The molecular weight excluding hydrogens is 213 g/mol. The van der Waals surface area contributed by atoms with Gasteiger partial charge in [0.2, 0.25) is 17.2 Å². The average Bonchev–Trinajstić information content (AvgIpc) is 2.01. The van der Waals surface area contributed by atoms with Crippen LogP contribution in [-0.2, 0) is 0 Å². The fourth-order valence-corrected chi connectivity index (χ4v) is 0.960. The second-order valence-electron chi connectivity index (χ2n) is 2.65. The molecule has 1 heterocycles. The van der Waals surface area contributed by atoms with Gasteiger partial charge in [-0.25, -0.2) is 0 Å². The van der Waals surface area contributed by atoms with Crippen LogP contribution in [0.5, 0.6) is 0 Å². The molecule has 0 aliphatic carbocycles. The minimum absolute atomic E-state index is 0.0984. The normalized spacial score (nSPS) is 10.2. The minimum atomic E-state index is 0.0984. The van der Waals surface area contributed by atoms with Gasteiger partial charge in [-0.3, -0.25) is 4.84 Å². The summed E-state index contributed by atoms with van der Waals surface area (Å²) in [5, 5.41) is 3.07. The van der Waals surface area contributed by atoms with Crippen LogP contribution in [0.4, 0.5) is 11.9 Å². The van der Waals surface area contributed by atoms with E-state index in [9.17, 15) is 0 Å². The van der Waals surface area contributed by atoms with Gasteiger partial charge >= 0.3 is 0 Å². The van der Waals surface area contributed by atoms with E-state index in [2.05, 4.69) is 25.1 Å². The lowest BCUT2D eigenvalue weighted by atomic mass is 10.4. The highest BCUT2D eigenvalue weighted by molar-refractivity contribution is 6.28. The monoisotopic (exact) mass is 221 g/mol. The molecule has 72 valence electrons. The molecule has 0 saturated heterocycles. The Morgan fingerprint density at radius 2 is 1.77 bits per heavy atom. The molecule has 13 heavy (non-hydrogen) atoms. The summed E-state index contributed by atoms with van der Waals surface area (Å²) in [4.78, 5) is 13.8. The van der Waals surface area contributed by atoms with Crippen molar-refractivity contribution in [2.24, 2.45) is 0 Å². The Balaban J connectivity index is 2.88. The summed E-state index contributed by atoms with van der Waals surface area (Å²) in [5.74, 6) is 0.628. The fraction of sp³-hybridized carbons (Fsp3) is 0.500. The maximum atomic E-state index is 5.61. The Morgan fingerprint density at radius 1 is 1.15 bits per heavy atom. The lowest BCUT2D eigenvalue weighted by molar-refractivity contribution is 0.868. The molecular formula is C6H9Cl2N5. The van der Waals surface area contributed by atoms with Crippen LogP contribution in [0.2, 0.25) is 5.28 Å². The van der Waals surface area contributed by atoms with E-state index in [1.807, 2.05) is 13.8 Å². The second-order valence-corrected chi connectivity index (χ2v) is 3.17. The lowest BCUT2D eigenvalue weighted by Crippen LogP contribution is -2.13. The molecule has 0 saturated carbocycles. The van der Waals surface area contributed by atoms with Gasteiger partial charge in [0, 0.05) is 17.8 Å². The second kappa shape index (κ2) is 4.43. The summed E-state index contributed by atoms with van der Waals surface area (Å²) in [5.41, 5.74) is 0. The molecule has 0 atom stereocenters. The van der Waals surface area contributed by atoms with E-state index in [0.29, 0.717) is 5.95 Å². The number of hydrogen-bond acceptors (Lipinski definition) is 5. The molecule has 2 N–H and O–H groups in total. The van der Waals surface area contributed by atoms with E-state index >= 15 is 0 Å². The molecule has 1 rings (SSSR count). The Labute approximate surface area is 86.0 Å².